The van der Waals surface area contributed by atoms with Crippen LogP contribution in [0.2, 0.25) is 0 Å². The zero-order valence-corrected chi connectivity index (χ0v) is 15.2. The van der Waals surface area contributed by atoms with E-state index in [2.05, 4.69) is 16.4 Å². The van der Waals surface area contributed by atoms with Gasteiger partial charge in [-0.15, -0.1) is 0 Å². The maximum Gasteiger partial charge on any atom is 0.221 e. The highest BCUT2D eigenvalue weighted by Crippen LogP contribution is 2.31. The molecule has 0 atom stereocenters. The van der Waals surface area contributed by atoms with Crippen LogP contribution in [-0.2, 0) is 6.61 Å². The monoisotopic (exact) mass is 360 g/mol. The number of nitrogens with two attached hydrogens (primary N) is 1. The molecular weight excluding hydrogens is 340 g/mol. The van der Waals surface area contributed by atoms with Crippen molar-refractivity contribution in [3.63, 3.8) is 0 Å². The number of aliphatic hydroxyl groups is 1. The number of hydrogen-bond donors (Lipinski definition) is 3. The molecule has 0 amide bonds. The lowest BCUT2D eigenvalue weighted by molar-refractivity contribution is 0.281. The summed E-state index contributed by atoms with van der Waals surface area (Å²) in [7, 11) is 0. The zero-order chi connectivity index (χ0) is 19.4. The molecule has 0 saturated carbocycles. The zero-order valence-electron chi connectivity index (χ0n) is 15.2. The van der Waals surface area contributed by atoms with E-state index >= 15 is 0 Å². The van der Waals surface area contributed by atoms with Crippen LogP contribution in [0.1, 0.15) is 22.3 Å². The number of benzene rings is 2. The Hall–Kier alpha value is -3.56. The molecule has 0 saturated heterocycles. The molecule has 4 N–H and O–H groups in total. The Bertz CT molecular complexity index is 985. The summed E-state index contributed by atoms with van der Waals surface area (Å²) in [5.41, 5.74) is 10.5. The van der Waals surface area contributed by atoms with E-state index in [1.165, 1.54) is 0 Å². The smallest absolute Gasteiger partial charge is 0.221 e. The summed E-state index contributed by atoms with van der Waals surface area (Å²) < 4.78 is 5.98. The molecule has 1 heterocycles. The van der Waals surface area contributed by atoms with Crippen molar-refractivity contribution in [1.82, 2.24) is 4.98 Å². The molecule has 0 fully saturated rings. The second kappa shape index (κ2) is 7.77. The van der Waals surface area contributed by atoms with E-state index < -0.39 is 0 Å². The number of nitrogen functional groups attached to an aromatic ring is 1. The van der Waals surface area contributed by atoms with Gasteiger partial charge in [-0.3, -0.25) is 0 Å². The Kier molecular flexibility index (Phi) is 5.25. The van der Waals surface area contributed by atoms with Crippen LogP contribution in [0.5, 0.6) is 11.6 Å². The van der Waals surface area contributed by atoms with Crippen LogP contribution in [0, 0.1) is 25.2 Å². The molecule has 1 aromatic heterocycles. The summed E-state index contributed by atoms with van der Waals surface area (Å²) in [6.07, 6.45) is 0. The van der Waals surface area contributed by atoms with Crippen molar-refractivity contribution < 1.29 is 9.84 Å². The van der Waals surface area contributed by atoms with Gasteiger partial charge in [-0.25, -0.2) is 0 Å². The predicted octanol–water partition coefficient (Wildman–Crippen LogP) is 4.18. The van der Waals surface area contributed by atoms with Crippen LogP contribution in [0.15, 0.2) is 48.5 Å². The molecule has 0 spiro atoms. The number of ether oxygens (including phenoxy) is 1. The standard InChI is InChI=1S/C21H20N4O2/c1-13-9-16(12-26)10-14(2)20(13)27-19-8-7-18(23)21(25-19)24-17-5-3-15(11-22)4-6-17/h3-10,26H,12,23H2,1-2H3,(H,24,25). The number of nitrogens with one attached hydrogen (secondary N) is 1. The fourth-order valence-corrected chi connectivity index (χ4v) is 2.77. The van der Waals surface area contributed by atoms with Crippen LogP contribution in [-0.4, -0.2) is 10.1 Å². The van der Waals surface area contributed by atoms with Crippen molar-refractivity contribution in [2.24, 2.45) is 0 Å². The number of nitriles is 1. The number of rotatable bonds is 5. The fraction of sp³-hybridized carbons (Fsp3) is 0.143. The van der Waals surface area contributed by atoms with Gasteiger partial charge in [0, 0.05) is 11.8 Å². The van der Waals surface area contributed by atoms with Crippen molar-refractivity contribution in [2.45, 2.75) is 20.5 Å². The lowest BCUT2D eigenvalue weighted by Gasteiger charge is -2.14. The number of anilines is 3. The Morgan fingerprint density at radius 3 is 2.37 bits per heavy atom. The van der Waals surface area contributed by atoms with Crippen molar-refractivity contribution in [1.29, 1.82) is 5.26 Å². The average Bonchev–Trinajstić information content (AvgIpc) is 2.67. The van der Waals surface area contributed by atoms with Crippen molar-refractivity contribution in [2.75, 3.05) is 11.1 Å². The topological polar surface area (TPSA) is 104 Å². The van der Waals surface area contributed by atoms with Gasteiger partial charge in [-0.05, 0) is 60.9 Å². The van der Waals surface area contributed by atoms with Crippen molar-refractivity contribution in [3.8, 4) is 17.7 Å². The average molecular weight is 360 g/mol. The summed E-state index contributed by atoms with van der Waals surface area (Å²) in [6.45, 7) is 3.84. The molecular formula is C21H20N4O2. The van der Waals surface area contributed by atoms with E-state index in [4.69, 9.17) is 15.7 Å². The first kappa shape index (κ1) is 18.2. The van der Waals surface area contributed by atoms with E-state index in [0.29, 0.717) is 28.7 Å². The van der Waals surface area contributed by atoms with Gasteiger partial charge >= 0.3 is 0 Å². The molecule has 136 valence electrons. The summed E-state index contributed by atoms with van der Waals surface area (Å²) in [6, 6.07) is 16.3. The van der Waals surface area contributed by atoms with E-state index in [9.17, 15) is 5.11 Å². The minimum atomic E-state index is -0.0132. The van der Waals surface area contributed by atoms with Crippen molar-refractivity contribution in [3.05, 3.63) is 70.8 Å². The molecule has 0 unspecified atom stereocenters. The lowest BCUT2D eigenvalue weighted by Crippen LogP contribution is -2.01. The number of aromatic nitrogens is 1. The maximum atomic E-state index is 9.31. The quantitative estimate of drug-likeness (QED) is 0.630. The van der Waals surface area contributed by atoms with Crippen LogP contribution >= 0.6 is 0 Å². The molecule has 0 aliphatic carbocycles. The molecule has 0 radical (unpaired) electrons. The molecule has 6 nitrogen and oxygen atoms in total. The summed E-state index contributed by atoms with van der Waals surface area (Å²) >= 11 is 0. The molecule has 6 heteroatoms. The van der Waals surface area contributed by atoms with Gasteiger partial charge in [-0.1, -0.05) is 12.1 Å². The van der Waals surface area contributed by atoms with E-state index in [0.717, 1.165) is 22.4 Å². The summed E-state index contributed by atoms with van der Waals surface area (Å²) in [5.74, 6) is 1.58. The Morgan fingerprint density at radius 1 is 1.11 bits per heavy atom. The van der Waals surface area contributed by atoms with Gasteiger partial charge in [0.1, 0.15) is 5.75 Å². The number of nitrogens with zero attached hydrogens (tertiary/aromatic N) is 2. The minimum absolute atomic E-state index is 0.0132. The summed E-state index contributed by atoms with van der Waals surface area (Å²) in [5, 5.41) is 21.3. The van der Waals surface area contributed by atoms with Crippen LogP contribution in [0.4, 0.5) is 17.2 Å². The van der Waals surface area contributed by atoms with Gasteiger partial charge in [-0.2, -0.15) is 10.2 Å². The maximum absolute atomic E-state index is 9.31. The third-order valence-electron chi connectivity index (χ3n) is 4.09. The molecule has 3 aromatic rings. The largest absolute Gasteiger partial charge is 0.438 e. The first-order valence-corrected chi connectivity index (χ1v) is 8.42. The van der Waals surface area contributed by atoms with Crippen LogP contribution in [0.3, 0.4) is 0 Å². The second-order valence-electron chi connectivity index (χ2n) is 6.22. The minimum Gasteiger partial charge on any atom is -0.438 e. The van der Waals surface area contributed by atoms with E-state index in [1.54, 1.807) is 36.4 Å². The molecule has 3 rings (SSSR count). The molecule has 0 aliphatic rings. The number of aryl methyl sites for hydroxylation is 2. The van der Waals surface area contributed by atoms with Crippen LogP contribution < -0.4 is 15.8 Å². The Balaban J connectivity index is 1.86. The molecule has 0 aliphatic heterocycles. The normalized spacial score (nSPS) is 10.3. The highest BCUT2D eigenvalue weighted by molar-refractivity contribution is 5.69. The second-order valence-corrected chi connectivity index (χ2v) is 6.22. The van der Waals surface area contributed by atoms with Gasteiger partial charge in [0.2, 0.25) is 5.88 Å². The third kappa shape index (κ3) is 4.17. The summed E-state index contributed by atoms with van der Waals surface area (Å²) in [4.78, 5) is 4.46. The van der Waals surface area contributed by atoms with Gasteiger partial charge in [0.15, 0.2) is 5.82 Å². The van der Waals surface area contributed by atoms with Crippen LogP contribution in [0.25, 0.3) is 0 Å². The third-order valence-corrected chi connectivity index (χ3v) is 4.09. The number of pyridine rings is 1. The predicted molar refractivity (Wildman–Crippen MR) is 105 cm³/mol. The van der Waals surface area contributed by atoms with Crippen molar-refractivity contribution >= 4 is 17.2 Å². The van der Waals surface area contributed by atoms with Gasteiger partial charge in [0.05, 0.1) is 23.9 Å². The van der Waals surface area contributed by atoms with E-state index in [1.807, 2.05) is 26.0 Å². The Labute approximate surface area is 157 Å². The molecule has 0 bridgehead atoms. The lowest BCUT2D eigenvalue weighted by atomic mass is 10.1. The highest BCUT2D eigenvalue weighted by Gasteiger charge is 2.10. The molecule has 27 heavy (non-hydrogen) atoms. The Morgan fingerprint density at radius 2 is 1.78 bits per heavy atom. The van der Waals surface area contributed by atoms with E-state index in [-0.39, 0.29) is 6.61 Å². The van der Waals surface area contributed by atoms with Gasteiger partial charge < -0.3 is 20.9 Å². The first-order valence-electron chi connectivity index (χ1n) is 8.42. The number of hydrogen-bond acceptors (Lipinski definition) is 6. The first-order chi connectivity index (χ1) is 13.0. The van der Waals surface area contributed by atoms with Gasteiger partial charge in [0.25, 0.3) is 0 Å². The SMILES string of the molecule is Cc1cc(CO)cc(C)c1Oc1ccc(N)c(Nc2ccc(C#N)cc2)n1. The number of aliphatic hydroxyl groups excluding tert-OH is 1. The highest BCUT2D eigenvalue weighted by atomic mass is 16.5. The molecule has 2 aromatic carbocycles. The fourth-order valence-electron chi connectivity index (χ4n) is 2.77.